The zero-order chi connectivity index (χ0) is 40.9. The van der Waals surface area contributed by atoms with Gasteiger partial charge in [-0.2, -0.15) is 0 Å². The van der Waals surface area contributed by atoms with Crippen LogP contribution >= 0.6 is 0 Å². The van der Waals surface area contributed by atoms with Gasteiger partial charge in [0.2, 0.25) is 17.7 Å². The number of aromatic amines is 2. The van der Waals surface area contributed by atoms with E-state index in [9.17, 15) is 33.9 Å². The summed E-state index contributed by atoms with van der Waals surface area (Å²) >= 11 is 0. The second kappa shape index (κ2) is 17.5. The summed E-state index contributed by atoms with van der Waals surface area (Å²) in [6, 6.07) is 16.0. The highest BCUT2D eigenvalue weighted by Gasteiger charge is 2.33. The van der Waals surface area contributed by atoms with Crippen molar-refractivity contribution in [2.75, 3.05) is 18.5 Å². The molecule has 8 N–H and O–H groups in total. The molecule has 4 aromatic rings. The van der Waals surface area contributed by atoms with Gasteiger partial charge in [0.1, 0.15) is 17.7 Å². The molecule has 1 aliphatic heterocycles. The molecule has 2 aliphatic rings. The van der Waals surface area contributed by atoms with Crippen LogP contribution in [-0.2, 0) is 25.5 Å². The SMILES string of the molecule is Cc1cc(C(=O)N[C@@H]2C[C@@H](CO)NC2=O)ccc1-c1ccc(C[C@H](NC(=O)C2CCC(CNC(=O)OC(C)(C)C)CC2)C(=O)Nc2ccc3[nH]c(=O)[nH]c3c2)cc1. The number of aryl methyl sites for hydroxylation is 1. The third-order valence-electron chi connectivity index (χ3n) is 10.5. The Labute approximate surface area is 330 Å². The van der Waals surface area contributed by atoms with Crippen molar-refractivity contribution in [3.63, 3.8) is 0 Å². The first-order chi connectivity index (χ1) is 27.1. The van der Waals surface area contributed by atoms with E-state index in [1.54, 1.807) is 30.3 Å². The molecule has 15 nitrogen and oxygen atoms in total. The molecule has 1 saturated carbocycles. The van der Waals surface area contributed by atoms with E-state index < -0.39 is 29.7 Å². The first kappa shape index (κ1) is 40.7. The standard InChI is InChI=1S/C42H51N7O8/c1-23-17-28(37(52)47-35-20-30(22-50)45-39(35)54)13-15-31(23)26-9-5-24(6-10-26)18-34(38(53)44-29-14-16-32-33(19-29)49-40(55)48-32)46-36(51)27-11-7-25(8-12-27)21-43-41(56)57-42(2,3)4/h5-6,9-10,13-17,19,25,27,30,34-35,50H,7-8,11-12,18,20-22H2,1-4H3,(H,43,56)(H,44,53)(H,45,54)(H,46,51)(H,47,52)(H2,48,49,55)/t25?,27?,30-,34-,35+/m0/s1. The number of carbonyl (C=O) groups is 5. The van der Waals surface area contributed by atoms with E-state index in [2.05, 4.69) is 36.6 Å². The number of alkyl carbamates (subject to hydrolysis) is 1. The van der Waals surface area contributed by atoms with Gasteiger partial charge in [0, 0.05) is 30.1 Å². The molecular weight excluding hydrogens is 731 g/mol. The first-order valence-electron chi connectivity index (χ1n) is 19.4. The number of fused-ring (bicyclic) bond motifs is 1. The van der Waals surface area contributed by atoms with Crippen LogP contribution in [0.2, 0.25) is 0 Å². The Balaban J connectivity index is 1.11. The summed E-state index contributed by atoms with van der Waals surface area (Å²) in [6.45, 7) is 7.60. The number of amides is 5. The number of aromatic nitrogens is 2. The third kappa shape index (κ3) is 10.7. The zero-order valence-corrected chi connectivity index (χ0v) is 32.6. The van der Waals surface area contributed by atoms with E-state index in [1.165, 1.54) is 0 Å². The number of benzene rings is 3. The van der Waals surface area contributed by atoms with Crippen molar-refractivity contribution < 1.29 is 33.8 Å². The number of carbonyl (C=O) groups excluding carboxylic acids is 5. The molecule has 2 fully saturated rings. The van der Waals surface area contributed by atoms with Crippen LogP contribution in [0.3, 0.4) is 0 Å². The van der Waals surface area contributed by atoms with Gasteiger partial charge in [0.05, 0.1) is 23.7 Å². The second-order valence-electron chi connectivity index (χ2n) is 16.1. The molecule has 1 aliphatic carbocycles. The fourth-order valence-corrected chi connectivity index (χ4v) is 7.43. The van der Waals surface area contributed by atoms with Crippen LogP contribution in [0, 0.1) is 18.8 Å². The number of imidazole rings is 1. The number of rotatable bonds is 12. The van der Waals surface area contributed by atoms with Crippen LogP contribution in [0.25, 0.3) is 22.2 Å². The van der Waals surface area contributed by atoms with Crippen LogP contribution in [0.4, 0.5) is 10.5 Å². The maximum absolute atomic E-state index is 13.8. The molecule has 15 heteroatoms. The van der Waals surface area contributed by atoms with Crippen molar-refractivity contribution in [1.29, 1.82) is 0 Å². The lowest BCUT2D eigenvalue weighted by atomic mass is 9.81. The molecule has 1 aromatic heterocycles. The molecule has 6 rings (SSSR count). The molecule has 5 amide bonds. The predicted octanol–water partition coefficient (Wildman–Crippen LogP) is 3.81. The van der Waals surface area contributed by atoms with E-state index >= 15 is 0 Å². The lowest BCUT2D eigenvalue weighted by Gasteiger charge is -2.29. The summed E-state index contributed by atoms with van der Waals surface area (Å²) in [4.78, 5) is 81.9. The molecule has 0 radical (unpaired) electrons. The van der Waals surface area contributed by atoms with Gasteiger partial charge in [0.25, 0.3) is 5.91 Å². The van der Waals surface area contributed by atoms with Gasteiger partial charge in [-0.25, -0.2) is 9.59 Å². The number of anilines is 1. The highest BCUT2D eigenvalue weighted by atomic mass is 16.6. The van der Waals surface area contributed by atoms with E-state index in [0.29, 0.717) is 48.1 Å². The van der Waals surface area contributed by atoms with Crippen LogP contribution in [0.5, 0.6) is 0 Å². The van der Waals surface area contributed by atoms with E-state index in [4.69, 9.17) is 4.74 Å². The topological polar surface area (TPSA) is 224 Å². The monoisotopic (exact) mass is 781 g/mol. The Morgan fingerprint density at radius 1 is 0.912 bits per heavy atom. The fraction of sp³-hybridized carbons (Fsp3) is 0.429. The minimum atomic E-state index is -0.912. The molecule has 3 aromatic carbocycles. The summed E-state index contributed by atoms with van der Waals surface area (Å²) in [5, 5.41) is 23.5. The summed E-state index contributed by atoms with van der Waals surface area (Å²) < 4.78 is 5.34. The lowest BCUT2D eigenvalue weighted by molar-refractivity contribution is -0.130. The Hall–Kier alpha value is -5.96. The van der Waals surface area contributed by atoms with Crippen molar-refractivity contribution in [3.05, 3.63) is 87.8 Å². The van der Waals surface area contributed by atoms with Crippen molar-refractivity contribution in [3.8, 4) is 11.1 Å². The van der Waals surface area contributed by atoms with Crippen LogP contribution in [-0.4, -0.2) is 81.7 Å². The molecule has 0 spiro atoms. The average Bonchev–Trinajstić information content (AvgIpc) is 3.73. The molecule has 3 atom stereocenters. The van der Waals surface area contributed by atoms with Gasteiger partial charge in [-0.1, -0.05) is 30.3 Å². The van der Waals surface area contributed by atoms with E-state index in [-0.39, 0.29) is 54.3 Å². The van der Waals surface area contributed by atoms with Gasteiger partial charge < -0.3 is 46.4 Å². The van der Waals surface area contributed by atoms with Gasteiger partial charge in [-0.05, 0) is 118 Å². The molecule has 57 heavy (non-hydrogen) atoms. The van der Waals surface area contributed by atoms with E-state index in [1.807, 2.05) is 58.0 Å². The largest absolute Gasteiger partial charge is 0.444 e. The number of aliphatic hydroxyl groups is 1. The smallest absolute Gasteiger partial charge is 0.407 e. The van der Waals surface area contributed by atoms with E-state index in [0.717, 1.165) is 35.1 Å². The number of nitrogens with one attached hydrogen (secondary N) is 7. The minimum Gasteiger partial charge on any atom is -0.444 e. The summed E-state index contributed by atoms with van der Waals surface area (Å²) in [5.74, 6) is -1.40. The molecular formula is C42H51N7O8. The number of aliphatic hydroxyl groups excluding tert-OH is 1. The van der Waals surface area contributed by atoms with Crippen molar-refractivity contribution >= 4 is 46.4 Å². The highest BCUT2D eigenvalue weighted by Crippen LogP contribution is 2.30. The predicted molar refractivity (Wildman–Crippen MR) is 214 cm³/mol. The van der Waals surface area contributed by atoms with Crippen molar-refractivity contribution in [2.45, 2.75) is 89.9 Å². The third-order valence-corrected chi connectivity index (χ3v) is 10.5. The van der Waals surface area contributed by atoms with Crippen molar-refractivity contribution in [2.24, 2.45) is 11.8 Å². The highest BCUT2D eigenvalue weighted by molar-refractivity contribution is 6.00. The van der Waals surface area contributed by atoms with Gasteiger partial charge >= 0.3 is 11.8 Å². The van der Waals surface area contributed by atoms with Crippen LogP contribution in [0.15, 0.2) is 65.5 Å². The summed E-state index contributed by atoms with van der Waals surface area (Å²) in [6.07, 6.45) is 2.79. The Morgan fingerprint density at radius 2 is 1.63 bits per heavy atom. The quantitative estimate of drug-likeness (QED) is 0.105. The second-order valence-corrected chi connectivity index (χ2v) is 16.1. The maximum Gasteiger partial charge on any atom is 0.407 e. The number of hydrogen-bond donors (Lipinski definition) is 8. The normalized spacial score (nSPS) is 20.0. The molecule has 0 bridgehead atoms. The molecule has 0 unspecified atom stereocenters. The number of ether oxygens (including phenoxy) is 1. The van der Waals surface area contributed by atoms with Gasteiger partial charge in [0.15, 0.2) is 0 Å². The molecule has 2 heterocycles. The summed E-state index contributed by atoms with van der Waals surface area (Å²) in [7, 11) is 0. The molecule has 1 saturated heterocycles. The number of hydrogen-bond acceptors (Lipinski definition) is 8. The van der Waals surface area contributed by atoms with Gasteiger partial charge in [-0.15, -0.1) is 0 Å². The molecule has 302 valence electrons. The Bertz CT molecular complexity index is 2180. The lowest BCUT2D eigenvalue weighted by Crippen LogP contribution is -2.48. The van der Waals surface area contributed by atoms with Crippen LogP contribution in [0.1, 0.15) is 74.4 Å². The fourth-order valence-electron chi connectivity index (χ4n) is 7.43. The average molecular weight is 782 g/mol. The first-order valence-corrected chi connectivity index (χ1v) is 19.4. The Kier molecular flexibility index (Phi) is 12.5. The number of H-pyrrole nitrogens is 2. The Morgan fingerprint density at radius 3 is 2.30 bits per heavy atom. The minimum absolute atomic E-state index is 0.192. The maximum atomic E-state index is 13.8. The summed E-state index contributed by atoms with van der Waals surface area (Å²) in [5.41, 5.74) is 4.50. The zero-order valence-electron chi connectivity index (χ0n) is 32.6. The van der Waals surface area contributed by atoms with Crippen LogP contribution < -0.4 is 32.3 Å². The van der Waals surface area contributed by atoms with Crippen molar-refractivity contribution in [1.82, 2.24) is 31.2 Å². The van der Waals surface area contributed by atoms with Gasteiger partial charge in [-0.3, -0.25) is 19.2 Å².